The molecule has 1 amide bonds. The lowest BCUT2D eigenvalue weighted by atomic mass is 10.0. The van der Waals surface area contributed by atoms with Crippen molar-refractivity contribution in [3.63, 3.8) is 0 Å². The summed E-state index contributed by atoms with van der Waals surface area (Å²) in [5.41, 5.74) is 3.85. The number of hydrogen-bond donors (Lipinski definition) is 1. The number of rotatable bonds is 7. The predicted molar refractivity (Wildman–Crippen MR) is 114 cm³/mol. The van der Waals surface area contributed by atoms with Gasteiger partial charge in [0.1, 0.15) is 5.75 Å². The van der Waals surface area contributed by atoms with Crippen LogP contribution in [-0.2, 0) is 11.2 Å². The summed E-state index contributed by atoms with van der Waals surface area (Å²) in [5, 5.41) is 3.12. The summed E-state index contributed by atoms with van der Waals surface area (Å²) in [6.45, 7) is 4.24. The number of nitrogens with one attached hydrogen (secondary N) is 1. The minimum absolute atomic E-state index is 0.119. The molecule has 1 heterocycles. The fourth-order valence-electron chi connectivity index (χ4n) is 4.03. The molecule has 0 spiro atoms. The highest BCUT2D eigenvalue weighted by Crippen LogP contribution is 2.30. The number of methoxy groups -OCH3 is 1. The van der Waals surface area contributed by atoms with Crippen LogP contribution in [0.2, 0.25) is 0 Å². The third-order valence-electron chi connectivity index (χ3n) is 5.69. The van der Waals surface area contributed by atoms with Gasteiger partial charge < -0.3 is 10.1 Å². The first-order chi connectivity index (χ1) is 13.7. The molecule has 1 atom stereocenters. The van der Waals surface area contributed by atoms with Crippen LogP contribution in [0.3, 0.4) is 0 Å². The quantitative estimate of drug-likeness (QED) is 0.779. The van der Waals surface area contributed by atoms with Gasteiger partial charge in [-0.15, -0.1) is 0 Å². The molecule has 0 aliphatic carbocycles. The third kappa shape index (κ3) is 5.59. The van der Waals surface area contributed by atoms with Crippen molar-refractivity contribution in [3.05, 3.63) is 65.2 Å². The highest BCUT2D eigenvalue weighted by molar-refractivity contribution is 5.78. The average molecular weight is 381 g/mol. The van der Waals surface area contributed by atoms with Crippen LogP contribution in [0.1, 0.15) is 48.4 Å². The van der Waals surface area contributed by atoms with Gasteiger partial charge >= 0.3 is 0 Å². The first kappa shape index (κ1) is 20.4. The van der Waals surface area contributed by atoms with E-state index in [1.54, 1.807) is 7.11 Å². The van der Waals surface area contributed by atoms with Crippen LogP contribution in [0.4, 0.5) is 0 Å². The van der Waals surface area contributed by atoms with Gasteiger partial charge in [-0.25, -0.2) is 0 Å². The number of likely N-dealkylation sites (tertiary alicyclic amines) is 1. The van der Waals surface area contributed by atoms with E-state index in [0.29, 0.717) is 19.1 Å². The van der Waals surface area contributed by atoms with Crippen LogP contribution < -0.4 is 10.1 Å². The van der Waals surface area contributed by atoms with Crippen LogP contribution >= 0.6 is 0 Å². The molecule has 2 aromatic rings. The van der Waals surface area contributed by atoms with Gasteiger partial charge in [-0.1, -0.05) is 49.2 Å². The summed E-state index contributed by atoms with van der Waals surface area (Å²) < 4.78 is 5.28. The summed E-state index contributed by atoms with van der Waals surface area (Å²) in [6.07, 6.45) is 5.58. The van der Waals surface area contributed by atoms with Gasteiger partial charge in [0.15, 0.2) is 0 Å². The molecule has 4 nitrogen and oxygen atoms in total. The van der Waals surface area contributed by atoms with Crippen LogP contribution in [-0.4, -0.2) is 37.6 Å². The molecule has 0 bridgehead atoms. The number of amides is 1. The zero-order chi connectivity index (χ0) is 19.8. The maximum Gasteiger partial charge on any atom is 0.234 e. The number of aryl methyl sites for hydroxylation is 1. The normalized spacial score (nSPS) is 17.7. The zero-order valence-corrected chi connectivity index (χ0v) is 17.1. The van der Waals surface area contributed by atoms with Crippen molar-refractivity contribution in [2.45, 2.75) is 45.1 Å². The molecule has 28 heavy (non-hydrogen) atoms. The van der Waals surface area contributed by atoms with Gasteiger partial charge in [-0.05, 0) is 61.6 Å². The van der Waals surface area contributed by atoms with E-state index in [1.807, 2.05) is 12.1 Å². The van der Waals surface area contributed by atoms with E-state index >= 15 is 0 Å². The van der Waals surface area contributed by atoms with Crippen molar-refractivity contribution < 1.29 is 9.53 Å². The van der Waals surface area contributed by atoms with E-state index in [4.69, 9.17) is 4.74 Å². The lowest BCUT2D eigenvalue weighted by molar-refractivity contribution is -0.122. The molecule has 3 rings (SSSR count). The Kier molecular flexibility index (Phi) is 7.49. The molecule has 1 aliphatic heterocycles. The lowest BCUT2D eigenvalue weighted by Gasteiger charge is -2.30. The first-order valence-corrected chi connectivity index (χ1v) is 10.4. The van der Waals surface area contributed by atoms with Gasteiger partial charge in [-0.2, -0.15) is 0 Å². The summed E-state index contributed by atoms with van der Waals surface area (Å²) >= 11 is 0. The Morgan fingerprint density at radius 3 is 2.64 bits per heavy atom. The highest BCUT2D eigenvalue weighted by Gasteiger charge is 2.24. The Hall–Kier alpha value is -2.33. The molecule has 150 valence electrons. The number of carbonyl (C=O) groups excluding carboxylic acids is 1. The van der Waals surface area contributed by atoms with E-state index < -0.39 is 0 Å². The van der Waals surface area contributed by atoms with Gasteiger partial charge in [0.25, 0.3) is 0 Å². The Bertz CT molecular complexity index is 757. The van der Waals surface area contributed by atoms with E-state index in [1.165, 1.54) is 29.5 Å². The van der Waals surface area contributed by atoms with Crippen LogP contribution in [0.15, 0.2) is 48.5 Å². The second-order valence-electron chi connectivity index (χ2n) is 7.64. The molecule has 1 N–H and O–H groups in total. The number of carbonyl (C=O) groups is 1. The predicted octanol–water partition coefficient (Wildman–Crippen LogP) is 4.28. The molecule has 0 aromatic heterocycles. The van der Waals surface area contributed by atoms with Crippen LogP contribution in [0.25, 0.3) is 0 Å². The molecule has 4 heteroatoms. The average Bonchev–Trinajstić information content (AvgIpc) is 2.95. The third-order valence-corrected chi connectivity index (χ3v) is 5.69. The van der Waals surface area contributed by atoms with Crippen molar-refractivity contribution >= 4 is 5.91 Å². The smallest absolute Gasteiger partial charge is 0.234 e. The summed E-state index contributed by atoms with van der Waals surface area (Å²) in [7, 11) is 1.69. The fraction of sp³-hybridized carbons (Fsp3) is 0.458. The lowest BCUT2D eigenvalue weighted by Crippen LogP contribution is -2.40. The minimum Gasteiger partial charge on any atom is -0.497 e. The van der Waals surface area contributed by atoms with Crippen molar-refractivity contribution in [1.82, 2.24) is 10.2 Å². The topological polar surface area (TPSA) is 41.6 Å². The van der Waals surface area contributed by atoms with E-state index in [2.05, 4.69) is 53.5 Å². The Morgan fingerprint density at radius 2 is 1.89 bits per heavy atom. The molecule has 2 aromatic carbocycles. The van der Waals surface area contributed by atoms with Gasteiger partial charge in [0, 0.05) is 12.6 Å². The van der Waals surface area contributed by atoms with E-state index in [0.717, 1.165) is 31.6 Å². The monoisotopic (exact) mass is 380 g/mol. The maximum absolute atomic E-state index is 12.6. The van der Waals surface area contributed by atoms with Crippen LogP contribution in [0.5, 0.6) is 5.75 Å². The molecule has 1 fully saturated rings. The van der Waals surface area contributed by atoms with Crippen molar-refractivity contribution in [2.24, 2.45) is 0 Å². The Balaban J connectivity index is 1.57. The largest absolute Gasteiger partial charge is 0.497 e. The Morgan fingerprint density at radius 1 is 1.11 bits per heavy atom. The molecule has 0 radical (unpaired) electrons. The number of benzene rings is 2. The zero-order valence-electron chi connectivity index (χ0n) is 17.1. The molecule has 1 aliphatic rings. The number of ether oxygens (including phenoxy) is 1. The maximum atomic E-state index is 12.6. The first-order valence-electron chi connectivity index (χ1n) is 10.4. The molecular weight excluding hydrogens is 348 g/mol. The highest BCUT2D eigenvalue weighted by atomic mass is 16.5. The van der Waals surface area contributed by atoms with Gasteiger partial charge in [0.05, 0.1) is 13.7 Å². The number of hydrogen-bond acceptors (Lipinski definition) is 3. The second kappa shape index (κ2) is 10.3. The Labute approximate surface area is 168 Å². The summed E-state index contributed by atoms with van der Waals surface area (Å²) in [6, 6.07) is 17.0. The van der Waals surface area contributed by atoms with E-state index in [-0.39, 0.29) is 5.91 Å². The molecule has 0 saturated carbocycles. The van der Waals surface area contributed by atoms with Crippen molar-refractivity contribution in [3.8, 4) is 5.75 Å². The molecule has 1 saturated heterocycles. The molecule has 1 unspecified atom stereocenters. The van der Waals surface area contributed by atoms with E-state index in [9.17, 15) is 4.79 Å². The fourth-order valence-corrected chi connectivity index (χ4v) is 4.03. The van der Waals surface area contributed by atoms with Gasteiger partial charge in [0.2, 0.25) is 5.91 Å². The standard InChI is InChI=1S/C24H32N2O2/c1-19-8-5-6-9-20(19)15-16-25-24(27)18-26-17-7-3-4-10-23(26)21-11-13-22(28-2)14-12-21/h5-6,8-9,11-14,23H,3-4,7,10,15-18H2,1-2H3,(H,25,27). The van der Waals surface area contributed by atoms with Crippen LogP contribution in [0, 0.1) is 6.92 Å². The number of nitrogens with zero attached hydrogens (tertiary/aromatic N) is 1. The SMILES string of the molecule is COc1ccc(C2CCCCCN2CC(=O)NCCc2ccccc2C)cc1. The minimum atomic E-state index is 0.119. The van der Waals surface area contributed by atoms with Crippen molar-refractivity contribution in [2.75, 3.05) is 26.7 Å². The summed E-state index contributed by atoms with van der Waals surface area (Å²) in [4.78, 5) is 14.9. The second-order valence-corrected chi connectivity index (χ2v) is 7.64. The summed E-state index contributed by atoms with van der Waals surface area (Å²) in [5.74, 6) is 0.992. The van der Waals surface area contributed by atoms with Gasteiger partial charge in [-0.3, -0.25) is 9.69 Å². The molecular formula is C24H32N2O2. The van der Waals surface area contributed by atoms with Crippen molar-refractivity contribution in [1.29, 1.82) is 0 Å².